The monoisotopic (exact) mass is 365 g/mol. The van der Waals surface area contributed by atoms with Crippen molar-refractivity contribution < 1.29 is 9.90 Å². The summed E-state index contributed by atoms with van der Waals surface area (Å²) < 4.78 is 1.07. The van der Waals surface area contributed by atoms with Crippen molar-refractivity contribution in [3.05, 3.63) is 56.7 Å². The zero-order valence-electron chi connectivity index (χ0n) is 11.4. The second-order valence-corrected chi connectivity index (χ2v) is 7.68. The van der Waals surface area contributed by atoms with Crippen molar-refractivity contribution >= 4 is 33.2 Å². The van der Waals surface area contributed by atoms with Crippen LogP contribution < -0.4 is 0 Å². The van der Waals surface area contributed by atoms with Crippen LogP contribution in [0.2, 0.25) is 0 Å². The van der Waals surface area contributed by atoms with Crippen molar-refractivity contribution in [1.82, 2.24) is 4.90 Å². The fourth-order valence-electron chi connectivity index (χ4n) is 2.99. The Morgan fingerprint density at radius 1 is 1.29 bits per heavy atom. The number of hydrogen-bond donors (Lipinski definition) is 1. The van der Waals surface area contributed by atoms with Gasteiger partial charge in [-0.2, -0.15) is 0 Å². The van der Waals surface area contributed by atoms with Crippen LogP contribution in [0.1, 0.15) is 29.3 Å². The molecule has 1 aromatic carbocycles. The van der Waals surface area contributed by atoms with Gasteiger partial charge in [0.05, 0.1) is 9.83 Å². The molecule has 0 aliphatic carbocycles. The van der Waals surface area contributed by atoms with Crippen LogP contribution in [0.3, 0.4) is 0 Å². The summed E-state index contributed by atoms with van der Waals surface area (Å²) in [5.41, 5.74) is 1.15. The maximum absolute atomic E-state index is 11.5. The highest BCUT2D eigenvalue weighted by atomic mass is 79.9. The molecule has 2 atom stereocenters. The molecule has 2 aromatic rings. The van der Waals surface area contributed by atoms with E-state index in [-0.39, 0.29) is 6.04 Å². The largest absolute Gasteiger partial charge is 0.480 e. The standard InChI is InChI=1S/C16H16BrNO2S/c17-14-9-8-13(21-14)15(11-5-2-1-3-6-11)18-10-4-7-12(18)16(19)20/h1-3,5-6,8-9,12,15H,4,7,10H2,(H,19,20). The van der Waals surface area contributed by atoms with Crippen molar-refractivity contribution in [2.24, 2.45) is 0 Å². The molecule has 1 aromatic heterocycles. The van der Waals surface area contributed by atoms with Gasteiger partial charge in [0.2, 0.25) is 0 Å². The second-order valence-electron chi connectivity index (χ2n) is 5.19. The molecule has 1 aliphatic heterocycles. The quantitative estimate of drug-likeness (QED) is 0.884. The number of carboxylic acid groups (broad SMARTS) is 1. The van der Waals surface area contributed by atoms with Crippen LogP contribution in [-0.2, 0) is 4.79 Å². The minimum atomic E-state index is -0.718. The molecule has 21 heavy (non-hydrogen) atoms. The molecule has 5 heteroatoms. The van der Waals surface area contributed by atoms with Crippen LogP contribution >= 0.6 is 27.3 Å². The Morgan fingerprint density at radius 2 is 2.05 bits per heavy atom. The number of likely N-dealkylation sites (tertiary alicyclic amines) is 1. The first-order chi connectivity index (χ1) is 10.2. The van der Waals surface area contributed by atoms with Crippen LogP contribution in [0.15, 0.2) is 46.3 Å². The Morgan fingerprint density at radius 3 is 2.67 bits per heavy atom. The maximum atomic E-state index is 11.5. The summed E-state index contributed by atoms with van der Waals surface area (Å²) in [4.78, 5) is 14.8. The van der Waals surface area contributed by atoms with E-state index in [1.807, 2.05) is 24.3 Å². The van der Waals surface area contributed by atoms with Gasteiger partial charge in [-0.15, -0.1) is 11.3 Å². The third kappa shape index (κ3) is 3.05. The van der Waals surface area contributed by atoms with E-state index >= 15 is 0 Å². The molecule has 2 unspecified atom stereocenters. The van der Waals surface area contributed by atoms with E-state index in [0.717, 1.165) is 28.7 Å². The molecule has 0 amide bonds. The minimum Gasteiger partial charge on any atom is -0.480 e. The topological polar surface area (TPSA) is 40.5 Å². The SMILES string of the molecule is O=C(O)C1CCCN1C(c1ccccc1)c1ccc(Br)s1. The summed E-state index contributed by atoms with van der Waals surface area (Å²) in [5, 5.41) is 9.48. The molecule has 0 radical (unpaired) electrons. The van der Waals surface area contributed by atoms with Crippen LogP contribution in [0, 0.1) is 0 Å². The summed E-state index contributed by atoms with van der Waals surface area (Å²) in [6.07, 6.45) is 1.66. The molecule has 1 N–H and O–H groups in total. The summed E-state index contributed by atoms with van der Waals surface area (Å²) in [6, 6.07) is 13.9. The third-order valence-electron chi connectivity index (χ3n) is 3.89. The predicted octanol–water partition coefficient (Wildman–Crippen LogP) is 4.15. The molecule has 1 fully saturated rings. The average Bonchev–Trinajstić information content (AvgIpc) is 3.10. The molecule has 0 spiro atoms. The van der Waals surface area contributed by atoms with Crippen molar-refractivity contribution in [1.29, 1.82) is 0 Å². The molecule has 110 valence electrons. The Labute approximate surface area is 136 Å². The fourth-order valence-corrected chi connectivity index (χ4v) is 4.57. The van der Waals surface area contributed by atoms with Crippen LogP contribution in [0.25, 0.3) is 0 Å². The number of hydrogen-bond acceptors (Lipinski definition) is 3. The van der Waals surface area contributed by atoms with Crippen LogP contribution in [-0.4, -0.2) is 28.6 Å². The Bertz CT molecular complexity index is 628. The van der Waals surface area contributed by atoms with E-state index in [9.17, 15) is 9.90 Å². The van der Waals surface area contributed by atoms with Crippen molar-refractivity contribution in [3.63, 3.8) is 0 Å². The van der Waals surface area contributed by atoms with Gasteiger partial charge in [-0.3, -0.25) is 9.69 Å². The van der Waals surface area contributed by atoms with Crippen molar-refractivity contribution in [3.8, 4) is 0 Å². The number of nitrogens with zero attached hydrogens (tertiary/aromatic N) is 1. The van der Waals surface area contributed by atoms with E-state index in [1.165, 1.54) is 4.88 Å². The van der Waals surface area contributed by atoms with Crippen LogP contribution in [0.5, 0.6) is 0 Å². The number of carbonyl (C=O) groups is 1. The van der Waals surface area contributed by atoms with E-state index in [0.29, 0.717) is 0 Å². The zero-order chi connectivity index (χ0) is 14.8. The first-order valence-electron chi connectivity index (χ1n) is 6.95. The molecule has 3 nitrogen and oxygen atoms in total. The lowest BCUT2D eigenvalue weighted by Crippen LogP contribution is -2.38. The summed E-state index contributed by atoms with van der Waals surface area (Å²) in [6.45, 7) is 0.825. The molecule has 2 heterocycles. The molecule has 0 bridgehead atoms. The van der Waals surface area contributed by atoms with Crippen molar-refractivity contribution in [2.75, 3.05) is 6.54 Å². The fraction of sp³-hybridized carbons (Fsp3) is 0.312. The van der Waals surface area contributed by atoms with E-state index < -0.39 is 12.0 Å². The number of benzene rings is 1. The maximum Gasteiger partial charge on any atom is 0.320 e. The molecule has 3 rings (SSSR count). The summed E-state index contributed by atoms with van der Waals surface area (Å²) in [7, 11) is 0. The lowest BCUT2D eigenvalue weighted by Gasteiger charge is -2.30. The van der Waals surface area contributed by atoms with Gasteiger partial charge in [0.1, 0.15) is 6.04 Å². The molecule has 1 saturated heterocycles. The van der Waals surface area contributed by atoms with E-state index in [2.05, 4.69) is 39.0 Å². The Hall–Kier alpha value is -1.17. The number of halogens is 1. The molecular weight excluding hydrogens is 350 g/mol. The lowest BCUT2D eigenvalue weighted by molar-refractivity contribution is -0.142. The van der Waals surface area contributed by atoms with Gasteiger partial charge in [-0.25, -0.2) is 0 Å². The van der Waals surface area contributed by atoms with E-state index in [1.54, 1.807) is 11.3 Å². The van der Waals surface area contributed by atoms with Gasteiger partial charge in [-0.1, -0.05) is 30.3 Å². The average molecular weight is 366 g/mol. The lowest BCUT2D eigenvalue weighted by atomic mass is 10.0. The highest BCUT2D eigenvalue weighted by Gasteiger charge is 2.37. The summed E-state index contributed by atoms with van der Waals surface area (Å²) >= 11 is 5.18. The van der Waals surface area contributed by atoms with Gasteiger partial charge < -0.3 is 5.11 Å². The second kappa shape index (κ2) is 6.30. The highest BCUT2D eigenvalue weighted by molar-refractivity contribution is 9.11. The third-order valence-corrected chi connectivity index (χ3v) is 5.57. The summed E-state index contributed by atoms with van der Waals surface area (Å²) in [5.74, 6) is -0.718. The van der Waals surface area contributed by atoms with Gasteiger partial charge in [0.25, 0.3) is 0 Å². The van der Waals surface area contributed by atoms with Crippen LogP contribution in [0.4, 0.5) is 0 Å². The first-order valence-corrected chi connectivity index (χ1v) is 8.56. The van der Waals surface area contributed by atoms with Gasteiger partial charge in [0, 0.05) is 11.4 Å². The van der Waals surface area contributed by atoms with Gasteiger partial charge >= 0.3 is 5.97 Å². The number of aliphatic carboxylic acids is 1. The Kier molecular flexibility index (Phi) is 4.42. The smallest absolute Gasteiger partial charge is 0.320 e. The molecule has 1 aliphatic rings. The Balaban J connectivity index is 2.02. The molecular formula is C16H16BrNO2S. The van der Waals surface area contributed by atoms with Gasteiger partial charge in [0.15, 0.2) is 0 Å². The highest BCUT2D eigenvalue weighted by Crippen LogP contribution is 2.39. The first kappa shape index (κ1) is 14.8. The normalized spacial score (nSPS) is 20.5. The number of carboxylic acids is 1. The van der Waals surface area contributed by atoms with Gasteiger partial charge in [-0.05, 0) is 46.5 Å². The molecule has 0 saturated carbocycles. The predicted molar refractivity (Wildman–Crippen MR) is 87.7 cm³/mol. The van der Waals surface area contributed by atoms with E-state index in [4.69, 9.17) is 0 Å². The zero-order valence-corrected chi connectivity index (χ0v) is 13.8. The number of thiophene rings is 1. The minimum absolute atomic E-state index is 0.0195. The van der Waals surface area contributed by atoms with Crippen molar-refractivity contribution in [2.45, 2.75) is 24.9 Å². The number of rotatable bonds is 4.